The number of hydrogen-bond acceptors (Lipinski definition) is 0. The first-order valence-electron chi connectivity index (χ1n) is 10.5. The molecule has 0 spiro atoms. The summed E-state index contributed by atoms with van der Waals surface area (Å²) in [6, 6.07) is 14.8. The first kappa shape index (κ1) is 28.1. The normalized spacial score (nSPS) is 8.89. The molecule has 28 heavy (non-hydrogen) atoms. The van der Waals surface area contributed by atoms with Crippen molar-refractivity contribution in [2.24, 2.45) is 0 Å². The second kappa shape index (κ2) is 17.0. The van der Waals surface area contributed by atoms with E-state index < -0.39 is 0 Å². The highest BCUT2D eigenvalue weighted by atomic mass is 14.0. The maximum atomic E-state index is 3.93. The van der Waals surface area contributed by atoms with Crippen LogP contribution in [0.25, 0.3) is 5.57 Å². The predicted molar refractivity (Wildman–Crippen MR) is 132 cm³/mol. The van der Waals surface area contributed by atoms with Gasteiger partial charge in [0.05, 0.1) is 0 Å². The molecular formula is C28H44. The van der Waals surface area contributed by atoms with E-state index in [1.807, 2.05) is 6.92 Å². The van der Waals surface area contributed by atoms with Crippen molar-refractivity contribution in [1.29, 1.82) is 0 Å². The largest absolute Gasteiger partial charge is 0.100 e. The Balaban J connectivity index is 0. The van der Waals surface area contributed by atoms with E-state index >= 15 is 0 Å². The highest BCUT2D eigenvalue weighted by Crippen LogP contribution is 2.17. The predicted octanol–water partition coefficient (Wildman–Crippen LogP) is 9.42. The van der Waals surface area contributed by atoms with Crippen molar-refractivity contribution in [1.82, 2.24) is 0 Å². The first-order chi connectivity index (χ1) is 13.1. The van der Waals surface area contributed by atoms with E-state index in [1.54, 1.807) is 0 Å². The summed E-state index contributed by atoms with van der Waals surface area (Å²) in [7, 11) is 0. The molecule has 0 saturated heterocycles. The van der Waals surface area contributed by atoms with Crippen LogP contribution in [0.15, 0.2) is 61.2 Å². The van der Waals surface area contributed by atoms with E-state index in [4.69, 9.17) is 0 Å². The van der Waals surface area contributed by atoms with Gasteiger partial charge in [-0.2, -0.15) is 0 Å². The van der Waals surface area contributed by atoms with Crippen LogP contribution in [0.5, 0.6) is 0 Å². The minimum absolute atomic E-state index is 1.14. The zero-order valence-electron chi connectivity index (χ0n) is 20.1. The van der Waals surface area contributed by atoms with Crippen LogP contribution < -0.4 is 0 Å². The number of aryl methyl sites for hydroxylation is 4. The van der Waals surface area contributed by atoms with Gasteiger partial charge < -0.3 is 0 Å². The Morgan fingerprint density at radius 3 is 1.46 bits per heavy atom. The molecule has 0 radical (unpaired) electrons. The molecule has 0 amide bonds. The summed E-state index contributed by atoms with van der Waals surface area (Å²) >= 11 is 0. The third-order valence-corrected chi connectivity index (χ3v) is 3.96. The van der Waals surface area contributed by atoms with Gasteiger partial charge in [0, 0.05) is 0 Å². The fourth-order valence-electron chi connectivity index (χ4n) is 2.29. The van der Waals surface area contributed by atoms with Crippen molar-refractivity contribution in [3.05, 3.63) is 89.0 Å². The molecule has 0 bridgehead atoms. The Morgan fingerprint density at radius 2 is 1.21 bits per heavy atom. The van der Waals surface area contributed by atoms with Crippen LogP contribution in [0.4, 0.5) is 0 Å². The lowest BCUT2D eigenvalue weighted by molar-refractivity contribution is 0.910. The third kappa shape index (κ3) is 15.0. The fourth-order valence-corrected chi connectivity index (χ4v) is 2.29. The number of rotatable bonds is 3. The molecule has 0 nitrogen and oxygen atoms in total. The van der Waals surface area contributed by atoms with Crippen molar-refractivity contribution in [3.8, 4) is 0 Å². The minimum Gasteiger partial charge on any atom is -0.100 e. The summed E-state index contributed by atoms with van der Waals surface area (Å²) < 4.78 is 0. The quantitative estimate of drug-likeness (QED) is 0.465. The van der Waals surface area contributed by atoms with Gasteiger partial charge >= 0.3 is 0 Å². The SMILES string of the molecule is C=C(C)CCC.C=C(C)c1cc(C)ccc1C.CCC.Cc1ccccc1C. The minimum atomic E-state index is 1.14. The Bertz CT molecular complexity index is 668. The highest BCUT2D eigenvalue weighted by Gasteiger charge is 1.97. The third-order valence-electron chi connectivity index (χ3n) is 3.96. The summed E-state index contributed by atoms with van der Waals surface area (Å²) in [5.74, 6) is 0. The van der Waals surface area contributed by atoms with E-state index in [9.17, 15) is 0 Å². The average molecular weight is 381 g/mol. The maximum absolute atomic E-state index is 3.93. The van der Waals surface area contributed by atoms with Crippen LogP contribution in [-0.4, -0.2) is 0 Å². The molecule has 2 aromatic rings. The second-order valence-electron chi connectivity index (χ2n) is 7.60. The van der Waals surface area contributed by atoms with E-state index in [2.05, 4.69) is 111 Å². The average Bonchev–Trinajstić information content (AvgIpc) is 2.61. The molecule has 0 aliphatic carbocycles. The highest BCUT2D eigenvalue weighted by molar-refractivity contribution is 5.64. The monoisotopic (exact) mass is 380 g/mol. The van der Waals surface area contributed by atoms with Gasteiger partial charge in [0.15, 0.2) is 0 Å². The molecule has 0 saturated carbocycles. The molecule has 0 N–H and O–H groups in total. The van der Waals surface area contributed by atoms with E-state index in [-0.39, 0.29) is 0 Å². The van der Waals surface area contributed by atoms with Crippen LogP contribution in [-0.2, 0) is 0 Å². The topological polar surface area (TPSA) is 0 Å². The lowest BCUT2D eigenvalue weighted by Gasteiger charge is -2.05. The Labute approximate surface area is 176 Å². The van der Waals surface area contributed by atoms with Gasteiger partial charge in [-0.25, -0.2) is 0 Å². The van der Waals surface area contributed by atoms with Crippen LogP contribution in [0.3, 0.4) is 0 Å². The van der Waals surface area contributed by atoms with Gasteiger partial charge in [0.2, 0.25) is 0 Å². The second-order valence-corrected chi connectivity index (χ2v) is 7.60. The molecule has 0 heteroatoms. The van der Waals surface area contributed by atoms with Gasteiger partial charge in [0.1, 0.15) is 0 Å². The summed E-state index contributed by atoms with van der Waals surface area (Å²) in [5.41, 5.74) is 9.06. The molecule has 0 aliphatic rings. The Morgan fingerprint density at radius 1 is 0.750 bits per heavy atom. The van der Waals surface area contributed by atoms with Gasteiger partial charge in [-0.05, 0) is 70.2 Å². The van der Waals surface area contributed by atoms with Crippen LogP contribution in [0.2, 0.25) is 0 Å². The Hall–Kier alpha value is -2.08. The zero-order valence-corrected chi connectivity index (χ0v) is 20.1. The van der Waals surface area contributed by atoms with Crippen molar-refractivity contribution in [2.75, 3.05) is 0 Å². The zero-order chi connectivity index (χ0) is 22.1. The first-order valence-corrected chi connectivity index (χ1v) is 10.5. The molecule has 0 heterocycles. The van der Waals surface area contributed by atoms with Crippen LogP contribution in [0.1, 0.15) is 81.7 Å². The van der Waals surface area contributed by atoms with Crippen LogP contribution >= 0.6 is 0 Å². The van der Waals surface area contributed by atoms with Gasteiger partial charge in [0.25, 0.3) is 0 Å². The van der Waals surface area contributed by atoms with E-state index in [0.29, 0.717) is 0 Å². The van der Waals surface area contributed by atoms with Gasteiger partial charge in [-0.15, -0.1) is 6.58 Å². The molecule has 2 rings (SSSR count). The summed E-state index contributed by atoms with van der Waals surface area (Å²) in [6.45, 7) is 26.6. The maximum Gasteiger partial charge on any atom is -0.0201 e. The molecule has 0 aromatic heterocycles. The lowest BCUT2D eigenvalue weighted by atomic mass is 10.0. The van der Waals surface area contributed by atoms with Crippen molar-refractivity contribution in [3.63, 3.8) is 0 Å². The summed E-state index contributed by atoms with van der Waals surface area (Å²) in [5, 5.41) is 0. The molecule has 2 aromatic carbocycles. The molecule has 0 fully saturated rings. The van der Waals surface area contributed by atoms with Crippen molar-refractivity contribution >= 4 is 5.57 Å². The number of hydrogen-bond donors (Lipinski definition) is 0. The van der Waals surface area contributed by atoms with Crippen molar-refractivity contribution < 1.29 is 0 Å². The lowest BCUT2D eigenvalue weighted by Crippen LogP contribution is -1.85. The molecule has 0 unspecified atom stereocenters. The van der Waals surface area contributed by atoms with Crippen molar-refractivity contribution in [2.45, 2.75) is 81.6 Å². The number of benzene rings is 2. The van der Waals surface area contributed by atoms with Gasteiger partial charge in [-0.1, -0.05) is 99.4 Å². The fraction of sp³-hybridized carbons (Fsp3) is 0.429. The number of allylic oxidation sites excluding steroid dienone is 2. The summed E-state index contributed by atoms with van der Waals surface area (Å²) in [6.07, 6.45) is 3.66. The molecule has 156 valence electrons. The van der Waals surface area contributed by atoms with E-state index in [0.717, 1.165) is 5.57 Å². The smallest absolute Gasteiger partial charge is 0.0201 e. The molecular weight excluding hydrogens is 336 g/mol. The Kier molecular flexibility index (Phi) is 17.1. The van der Waals surface area contributed by atoms with E-state index in [1.165, 1.54) is 52.7 Å². The standard InChI is InChI=1S/C11H14.C8H10.C6H12.C3H8/c1-8(2)11-7-9(3)5-6-10(11)4;1-7-5-3-4-6-8(7)2;1-4-5-6(2)3;1-3-2/h5-7H,1H2,2-4H3;3-6H,1-2H3;2,4-5H2,1,3H3;3H2,1-2H3. The molecule has 0 atom stereocenters. The van der Waals surface area contributed by atoms with Crippen LogP contribution in [0, 0.1) is 27.7 Å². The van der Waals surface area contributed by atoms with Gasteiger partial charge in [-0.3, -0.25) is 0 Å². The molecule has 0 aliphatic heterocycles. The summed E-state index contributed by atoms with van der Waals surface area (Å²) in [4.78, 5) is 0.